The van der Waals surface area contributed by atoms with Crippen LogP contribution in [0.5, 0.6) is 0 Å². The summed E-state index contributed by atoms with van der Waals surface area (Å²) in [5.74, 6) is 0. The second-order valence-electron chi connectivity index (χ2n) is 5.46. The smallest absolute Gasteiger partial charge is 0.0587 e. The Kier molecular flexibility index (Phi) is 4.75. The van der Waals surface area contributed by atoms with Gasteiger partial charge in [-0.05, 0) is 32.4 Å². The second-order valence-corrected chi connectivity index (χ2v) is 5.46. The monoisotopic (exact) mass is 248 g/mol. The molecule has 3 atom stereocenters. The maximum Gasteiger partial charge on any atom is 0.0587 e. The summed E-state index contributed by atoms with van der Waals surface area (Å²) in [4.78, 5) is 2.37. The zero-order valence-electron chi connectivity index (χ0n) is 11.3. The summed E-state index contributed by atoms with van der Waals surface area (Å²) in [5, 5.41) is 13.1. The molecule has 0 amide bonds. The van der Waals surface area contributed by atoms with Crippen LogP contribution < -0.4 is 5.32 Å². The Labute approximate surface area is 110 Å². The van der Waals surface area contributed by atoms with Crippen LogP contribution in [0.15, 0.2) is 30.3 Å². The lowest BCUT2D eigenvalue weighted by atomic mass is 10.0. The highest BCUT2D eigenvalue weighted by molar-refractivity contribution is 5.16. The molecule has 0 aliphatic carbocycles. The van der Waals surface area contributed by atoms with Crippen molar-refractivity contribution in [2.45, 2.75) is 37.9 Å². The van der Waals surface area contributed by atoms with E-state index in [9.17, 15) is 5.11 Å². The third kappa shape index (κ3) is 3.55. The molecule has 2 N–H and O–H groups in total. The molecule has 0 saturated carbocycles. The van der Waals surface area contributed by atoms with Crippen LogP contribution in [0, 0.1) is 0 Å². The number of hydrogen-bond donors (Lipinski definition) is 2. The van der Waals surface area contributed by atoms with E-state index in [4.69, 9.17) is 0 Å². The molecule has 1 saturated heterocycles. The molecular weight excluding hydrogens is 224 g/mol. The number of rotatable bonds is 5. The Morgan fingerprint density at radius 1 is 1.39 bits per heavy atom. The van der Waals surface area contributed by atoms with Crippen molar-refractivity contribution in [1.82, 2.24) is 10.2 Å². The Hall–Kier alpha value is -0.900. The summed E-state index contributed by atoms with van der Waals surface area (Å²) in [6.45, 7) is 3.53. The first kappa shape index (κ1) is 13.5. The molecule has 0 bridgehead atoms. The summed E-state index contributed by atoms with van der Waals surface area (Å²) in [5.41, 5.74) is 1.28. The van der Waals surface area contributed by atoms with Gasteiger partial charge in [0.25, 0.3) is 0 Å². The number of likely N-dealkylation sites (N-methyl/N-ethyl adjacent to an activating group) is 1. The first-order chi connectivity index (χ1) is 8.69. The zero-order valence-corrected chi connectivity index (χ0v) is 11.3. The molecule has 100 valence electrons. The van der Waals surface area contributed by atoms with Crippen LogP contribution >= 0.6 is 0 Å². The first-order valence-electron chi connectivity index (χ1n) is 6.80. The molecule has 3 heteroatoms. The minimum absolute atomic E-state index is 0.163. The van der Waals surface area contributed by atoms with E-state index in [1.54, 1.807) is 0 Å². The van der Waals surface area contributed by atoms with Gasteiger partial charge in [0.2, 0.25) is 0 Å². The standard InChI is InChI=1S/C15H24N2O/c1-12-8-14(10-17(12)2)16-15(11-18)9-13-6-4-3-5-7-13/h3-7,12,14-16,18H,8-11H2,1-2H3/t12?,14?,15-/m1/s1. The Balaban J connectivity index is 1.86. The molecule has 2 unspecified atom stereocenters. The maximum absolute atomic E-state index is 9.50. The normalized spacial score (nSPS) is 26.4. The molecule has 1 fully saturated rings. The lowest BCUT2D eigenvalue weighted by Crippen LogP contribution is -2.43. The molecular formula is C15H24N2O. The summed E-state index contributed by atoms with van der Waals surface area (Å²) in [7, 11) is 2.16. The summed E-state index contributed by atoms with van der Waals surface area (Å²) >= 11 is 0. The molecule has 1 aliphatic heterocycles. The molecule has 1 aromatic rings. The van der Waals surface area contributed by atoms with Crippen molar-refractivity contribution < 1.29 is 5.11 Å². The first-order valence-corrected chi connectivity index (χ1v) is 6.80. The summed E-state index contributed by atoms with van der Waals surface area (Å²) in [6, 6.07) is 11.7. The van der Waals surface area contributed by atoms with Gasteiger partial charge in [0, 0.05) is 24.7 Å². The van der Waals surface area contributed by atoms with Gasteiger partial charge in [-0.3, -0.25) is 0 Å². The van der Waals surface area contributed by atoms with Crippen LogP contribution in [0.2, 0.25) is 0 Å². The molecule has 1 heterocycles. The van der Waals surface area contributed by atoms with E-state index in [1.165, 1.54) is 12.0 Å². The predicted molar refractivity (Wildman–Crippen MR) is 74.7 cm³/mol. The molecule has 1 aliphatic rings. The van der Waals surface area contributed by atoms with Crippen molar-refractivity contribution in [3.05, 3.63) is 35.9 Å². The van der Waals surface area contributed by atoms with Crippen LogP contribution in [0.25, 0.3) is 0 Å². The van der Waals surface area contributed by atoms with E-state index >= 15 is 0 Å². The van der Waals surface area contributed by atoms with Crippen molar-refractivity contribution in [3.63, 3.8) is 0 Å². The molecule has 2 rings (SSSR count). The van der Waals surface area contributed by atoms with E-state index in [2.05, 4.69) is 48.5 Å². The van der Waals surface area contributed by atoms with Crippen molar-refractivity contribution in [2.24, 2.45) is 0 Å². The third-order valence-electron chi connectivity index (χ3n) is 3.90. The SMILES string of the molecule is CC1CC(N[C@@H](CO)Cc2ccccc2)CN1C. The van der Waals surface area contributed by atoms with E-state index in [0.29, 0.717) is 12.1 Å². The van der Waals surface area contributed by atoms with Gasteiger partial charge in [0.15, 0.2) is 0 Å². The second kappa shape index (κ2) is 6.32. The average molecular weight is 248 g/mol. The fourth-order valence-corrected chi connectivity index (χ4v) is 2.72. The number of aliphatic hydroxyl groups excluding tert-OH is 1. The predicted octanol–water partition coefficient (Wildman–Crippen LogP) is 1.27. The van der Waals surface area contributed by atoms with Crippen molar-refractivity contribution >= 4 is 0 Å². The largest absolute Gasteiger partial charge is 0.395 e. The number of nitrogens with zero attached hydrogens (tertiary/aromatic N) is 1. The van der Waals surface area contributed by atoms with Crippen molar-refractivity contribution in [3.8, 4) is 0 Å². The lowest BCUT2D eigenvalue weighted by molar-refractivity contribution is 0.229. The molecule has 1 aromatic carbocycles. The van der Waals surface area contributed by atoms with Gasteiger partial charge in [0.1, 0.15) is 0 Å². The highest BCUT2D eigenvalue weighted by atomic mass is 16.3. The van der Waals surface area contributed by atoms with Crippen LogP contribution in [-0.2, 0) is 6.42 Å². The quantitative estimate of drug-likeness (QED) is 0.824. The third-order valence-corrected chi connectivity index (χ3v) is 3.90. The minimum atomic E-state index is 0.163. The highest BCUT2D eigenvalue weighted by Crippen LogP contribution is 2.16. The topological polar surface area (TPSA) is 35.5 Å². The van der Waals surface area contributed by atoms with Crippen LogP contribution in [0.3, 0.4) is 0 Å². The van der Waals surface area contributed by atoms with Gasteiger partial charge in [0.05, 0.1) is 6.61 Å². The van der Waals surface area contributed by atoms with E-state index in [1.807, 2.05) is 6.07 Å². The fraction of sp³-hybridized carbons (Fsp3) is 0.600. The van der Waals surface area contributed by atoms with Crippen molar-refractivity contribution in [2.75, 3.05) is 20.2 Å². The van der Waals surface area contributed by atoms with Gasteiger partial charge in [-0.2, -0.15) is 0 Å². The number of benzene rings is 1. The Bertz CT molecular complexity index is 345. The van der Waals surface area contributed by atoms with Gasteiger partial charge < -0.3 is 15.3 Å². The Morgan fingerprint density at radius 2 is 2.11 bits per heavy atom. The van der Waals surface area contributed by atoms with Crippen molar-refractivity contribution in [1.29, 1.82) is 0 Å². The van der Waals surface area contributed by atoms with Gasteiger partial charge in [-0.1, -0.05) is 30.3 Å². The number of nitrogens with one attached hydrogen (secondary N) is 1. The maximum atomic E-state index is 9.50. The van der Waals surface area contributed by atoms with Crippen LogP contribution in [0.4, 0.5) is 0 Å². The van der Waals surface area contributed by atoms with Gasteiger partial charge in [-0.25, -0.2) is 0 Å². The molecule has 18 heavy (non-hydrogen) atoms. The van der Waals surface area contributed by atoms with Gasteiger partial charge in [-0.15, -0.1) is 0 Å². The summed E-state index contributed by atoms with van der Waals surface area (Å²) < 4.78 is 0. The number of aliphatic hydroxyl groups is 1. The Morgan fingerprint density at radius 3 is 2.67 bits per heavy atom. The molecule has 0 radical (unpaired) electrons. The average Bonchev–Trinajstić information content (AvgIpc) is 2.69. The van der Waals surface area contributed by atoms with E-state index in [0.717, 1.165) is 13.0 Å². The molecule has 0 spiro atoms. The fourth-order valence-electron chi connectivity index (χ4n) is 2.72. The molecule has 0 aromatic heterocycles. The van der Waals surface area contributed by atoms with Gasteiger partial charge >= 0.3 is 0 Å². The zero-order chi connectivity index (χ0) is 13.0. The van der Waals surface area contributed by atoms with Crippen LogP contribution in [0.1, 0.15) is 18.9 Å². The van der Waals surface area contributed by atoms with E-state index in [-0.39, 0.29) is 12.6 Å². The summed E-state index contributed by atoms with van der Waals surface area (Å²) in [6.07, 6.45) is 2.06. The number of likely N-dealkylation sites (tertiary alicyclic amines) is 1. The highest BCUT2D eigenvalue weighted by Gasteiger charge is 2.27. The van der Waals surface area contributed by atoms with E-state index < -0.39 is 0 Å². The molecule has 3 nitrogen and oxygen atoms in total. The number of hydrogen-bond acceptors (Lipinski definition) is 3. The minimum Gasteiger partial charge on any atom is -0.395 e. The van der Waals surface area contributed by atoms with Crippen LogP contribution in [-0.4, -0.2) is 48.3 Å². The lowest BCUT2D eigenvalue weighted by Gasteiger charge is -2.21.